The van der Waals surface area contributed by atoms with E-state index in [1.165, 1.54) is 5.92 Å². The maximum absolute atomic E-state index is 5.10. The van der Waals surface area contributed by atoms with Crippen molar-refractivity contribution in [2.45, 2.75) is 20.8 Å². The van der Waals surface area contributed by atoms with Gasteiger partial charge in [-0.15, -0.1) is 12.3 Å². The topological polar surface area (TPSA) is 0 Å². The fourth-order valence-corrected chi connectivity index (χ4v) is 0.167. The molecule has 0 heteroatoms. The van der Waals surface area contributed by atoms with Crippen LogP contribution < -0.4 is 0 Å². The number of hydrogen-bond donors (Lipinski definition) is 0. The van der Waals surface area contributed by atoms with Crippen LogP contribution in [0.1, 0.15) is 20.8 Å². The van der Waals surface area contributed by atoms with Gasteiger partial charge in [-0.25, -0.2) is 0 Å². The van der Waals surface area contributed by atoms with Gasteiger partial charge in [-0.2, -0.15) is 0 Å². The molecule has 0 aromatic carbocycles. The van der Waals surface area contributed by atoms with Gasteiger partial charge in [0.15, 0.2) is 0 Å². The minimum atomic E-state index is 0.347. The Morgan fingerprint density at radius 2 is 2.00 bits per heavy atom. The average Bonchev–Trinajstić information content (AvgIpc) is 1.65. The average molecular weight is 95.2 g/mol. The molecule has 0 aromatic heterocycles. The molecule has 0 aliphatic carbocycles. The first kappa shape index (κ1) is 6.56. The summed E-state index contributed by atoms with van der Waals surface area (Å²) in [7, 11) is 0. The molecule has 0 aliphatic rings. The normalized spacial score (nSPS) is 13.6. The van der Waals surface area contributed by atoms with Gasteiger partial charge >= 0.3 is 0 Å². The van der Waals surface area contributed by atoms with Crippen molar-refractivity contribution in [2.24, 2.45) is 5.92 Å². The molecule has 0 saturated heterocycles. The Morgan fingerprint density at radius 1 is 1.57 bits per heavy atom. The van der Waals surface area contributed by atoms with Gasteiger partial charge < -0.3 is 0 Å². The summed E-state index contributed by atoms with van der Waals surface area (Å²) in [6, 6.07) is 0. The van der Waals surface area contributed by atoms with Crippen LogP contribution in [0.4, 0.5) is 0 Å². The number of rotatable bonds is 1. The second kappa shape index (κ2) is 2.69. The van der Waals surface area contributed by atoms with Crippen LogP contribution in [-0.4, -0.2) is 0 Å². The third kappa shape index (κ3) is 2.28. The molecule has 0 amide bonds. The van der Waals surface area contributed by atoms with Gasteiger partial charge in [0.25, 0.3) is 0 Å². The number of terminal acetylenes is 1. The molecular formula is C7H11. The third-order valence-electron chi connectivity index (χ3n) is 1.12. The van der Waals surface area contributed by atoms with Crippen molar-refractivity contribution >= 4 is 0 Å². The van der Waals surface area contributed by atoms with Crippen molar-refractivity contribution in [1.29, 1.82) is 0 Å². The highest BCUT2D eigenvalue weighted by Gasteiger charge is 2.00. The molecule has 0 aliphatic heterocycles. The largest absolute Gasteiger partial charge is 0.120 e. The molecule has 1 unspecified atom stereocenters. The summed E-state index contributed by atoms with van der Waals surface area (Å²) < 4.78 is 0. The molecule has 0 saturated carbocycles. The Balaban J connectivity index is 3.40. The predicted octanol–water partition coefficient (Wildman–Crippen LogP) is 1.87. The van der Waals surface area contributed by atoms with Crippen LogP contribution in [0.15, 0.2) is 0 Å². The Morgan fingerprint density at radius 3 is 2.00 bits per heavy atom. The quantitative estimate of drug-likeness (QED) is 0.436. The highest BCUT2D eigenvalue weighted by atomic mass is 14.0. The zero-order valence-corrected chi connectivity index (χ0v) is 5.15. The summed E-state index contributed by atoms with van der Waals surface area (Å²) >= 11 is 0. The van der Waals surface area contributed by atoms with Crippen LogP contribution in [0.25, 0.3) is 0 Å². The maximum Gasteiger partial charge on any atom is 0.0228 e. The van der Waals surface area contributed by atoms with E-state index in [1.54, 1.807) is 0 Å². The third-order valence-corrected chi connectivity index (χ3v) is 1.12. The zero-order valence-electron chi connectivity index (χ0n) is 5.15. The van der Waals surface area contributed by atoms with E-state index >= 15 is 0 Å². The molecule has 0 spiro atoms. The second-order valence-corrected chi connectivity index (χ2v) is 1.97. The summed E-state index contributed by atoms with van der Waals surface area (Å²) in [4.78, 5) is 0. The summed E-state index contributed by atoms with van der Waals surface area (Å²) in [6.45, 7) is 6.12. The van der Waals surface area contributed by atoms with Gasteiger partial charge in [0.2, 0.25) is 0 Å². The lowest BCUT2D eigenvalue weighted by Gasteiger charge is -2.04. The van der Waals surface area contributed by atoms with Crippen LogP contribution >= 0.6 is 0 Å². The minimum absolute atomic E-state index is 0.347. The standard InChI is InChI=1S/C7H11/c1-5-7(4)6(2)3/h1,7H,2-4H3. The van der Waals surface area contributed by atoms with Crippen molar-refractivity contribution in [2.75, 3.05) is 0 Å². The van der Waals surface area contributed by atoms with Crippen LogP contribution in [0, 0.1) is 24.2 Å². The van der Waals surface area contributed by atoms with Crippen LogP contribution in [-0.2, 0) is 0 Å². The minimum Gasteiger partial charge on any atom is -0.120 e. The van der Waals surface area contributed by atoms with E-state index in [9.17, 15) is 0 Å². The van der Waals surface area contributed by atoms with Crippen molar-refractivity contribution in [3.8, 4) is 12.3 Å². The van der Waals surface area contributed by atoms with Crippen molar-refractivity contribution in [3.63, 3.8) is 0 Å². The first-order chi connectivity index (χ1) is 3.18. The second-order valence-electron chi connectivity index (χ2n) is 1.97. The van der Waals surface area contributed by atoms with Gasteiger partial charge in [-0.05, 0) is 5.92 Å². The van der Waals surface area contributed by atoms with Gasteiger partial charge in [-0.1, -0.05) is 20.8 Å². The van der Waals surface area contributed by atoms with Gasteiger partial charge in [0.1, 0.15) is 0 Å². The summed E-state index contributed by atoms with van der Waals surface area (Å²) in [5.41, 5.74) is 0. The molecule has 0 nitrogen and oxygen atoms in total. The Hall–Kier alpha value is -0.440. The fraction of sp³-hybridized carbons (Fsp3) is 0.571. The highest BCUT2D eigenvalue weighted by Crippen LogP contribution is 2.08. The molecule has 1 radical (unpaired) electrons. The van der Waals surface area contributed by atoms with E-state index in [-0.39, 0.29) is 0 Å². The van der Waals surface area contributed by atoms with E-state index in [4.69, 9.17) is 6.42 Å². The van der Waals surface area contributed by atoms with Crippen molar-refractivity contribution < 1.29 is 0 Å². The van der Waals surface area contributed by atoms with Gasteiger partial charge in [0.05, 0.1) is 0 Å². The number of hydrogen-bond acceptors (Lipinski definition) is 0. The maximum atomic E-state index is 5.10. The lowest BCUT2D eigenvalue weighted by atomic mass is 10.00. The Kier molecular flexibility index (Phi) is 2.52. The van der Waals surface area contributed by atoms with E-state index in [0.29, 0.717) is 5.92 Å². The smallest absolute Gasteiger partial charge is 0.0228 e. The molecule has 0 aromatic rings. The lowest BCUT2D eigenvalue weighted by molar-refractivity contribution is 0.769. The van der Waals surface area contributed by atoms with Crippen molar-refractivity contribution in [3.05, 3.63) is 5.92 Å². The molecular weight excluding hydrogens is 84.1 g/mol. The summed E-state index contributed by atoms with van der Waals surface area (Å²) in [5.74, 6) is 4.28. The summed E-state index contributed by atoms with van der Waals surface area (Å²) in [5, 5.41) is 0. The van der Waals surface area contributed by atoms with E-state index in [0.717, 1.165) is 0 Å². The monoisotopic (exact) mass is 95.1 g/mol. The van der Waals surface area contributed by atoms with Crippen LogP contribution in [0.3, 0.4) is 0 Å². The first-order valence-electron chi connectivity index (χ1n) is 2.44. The Labute approximate surface area is 45.9 Å². The van der Waals surface area contributed by atoms with Gasteiger partial charge in [-0.3, -0.25) is 0 Å². The molecule has 39 valence electrons. The van der Waals surface area contributed by atoms with Gasteiger partial charge in [0, 0.05) is 5.92 Å². The van der Waals surface area contributed by atoms with E-state index < -0.39 is 0 Å². The fourth-order valence-electron chi connectivity index (χ4n) is 0.167. The van der Waals surface area contributed by atoms with Crippen LogP contribution in [0.2, 0.25) is 0 Å². The highest BCUT2D eigenvalue weighted by molar-refractivity contribution is 5.03. The molecule has 7 heavy (non-hydrogen) atoms. The SMILES string of the molecule is C#CC(C)[C](C)C. The Bertz CT molecular complexity index is 74.5. The first-order valence-corrected chi connectivity index (χ1v) is 2.44. The van der Waals surface area contributed by atoms with Crippen LogP contribution in [0.5, 0.6) is 0 Å². The summed E-state index contributed by atoms with van der Waals surface area (Å²) in [6.07, 6.45) is 5.10. The molecule has 1 atom stereocenters. The zero-order chi connectivity index (χ0) is 5.86. The van der Waals surface area contributed by atoms with E-state index in [2.05, 4.69) is 5.92 Å². The van der Waals surface area contributed by atoms with E-state index in [1.807, 2.05) is 20.8 Å². The molecule has 0 N–H and O–H groups in total. The molecule has 0 heterocycles. The molecule has 0 rings (SSSR count). The lowest BCUT2D eigenvalue weighted by Crippen LogP contribution is -1.96. The van der Waals surface area contributed by atoms with Crippen molar-refractivity contribution in [1.82, 2.24) is 0 Å². The molecule has 0 bridgehead atoms. The molecule has 0 fully saturated rings. The predicted molar refractivity (Wildman–Crippen MR) is 32.6 cm³/mol.